The molecule has 2 heteroatoms. The van der Waals surface area contributed by atoms with Gasteiger partial charge in [-0.3, -0.25) is 4.79 Å². The van der Waals surface area contributed by atoms with Crippen LogP contribution in [-0.2, 0) is 4.79 Å². The molecule has 1 aliphatic rings. The Morgan fingerprint density at radius 3 is 3.00 bits per heavy atom. The van der Waals surface area contributed by atoms with Gasteiger partial charge in [-0.2, -0.15) is 0 Å². The molecule has 1 heterocycles. The summed E-state index contributed by atoms with van der Waals surface area (Å²) in [7, 11) is 0. The van der Waals surface area contributed by atoms with Crippen molar-refractivity contribution in [3.63, 3.8) is 0 Å². The summed E-state index contributed by atoms with van der Waals surface area (Å²) in [4.78, 5) is 12.0. The number of carbonyl (C=O) groups excluding carboxylic acids is 1. The molecule has 17 heavy (non-hydrogen) atoms. The smallest absolute Gasteiger partial charge is 0.136 e. The van der Waals surface area contributed by atoms with Crippen LogP contribution in [0.25, 0.3) is 0 Å². The lowest BCUT2D eigenvalue weighted by atomic mass is 9.85. The van der Waals surface area contributed by atoms with Crippen LogP contribution in [-0.4, -0.2) is 12.4 Å². The monoisotopic (exact) mass is 232 g/mol. The van der Waals surface area contributed by atoms with Gasteiger partial charge in [-0.05, 0) is 30.4 Å². The Kier molecular flexibility index (Phi) is 3.82. The SMILES string of the molecule is CCC(C)C(=O)CC1CCOc2ccccc21. The standard InChI is InChI=1S/C15H20O2/c1-3-11(2)14(16)10-12-8-9-17-15-7-5-4-6-13(12)15/h4-7,11-12H,3,8-10H2,1-2H3. The maximum absolute atomic E-state index is 12.0. The predicted molar refractivity (Wildman–Crippen MR) is 68.4 cm³/mol. The molecule has 1 aliphatic heterocycles. The largest absolute Gasteiger partial charge is 0.493 e. The van der Waals surface area contributed by atoms with Gasteiger partial charge in [-0.1, -0.05) is 32.0 Å². The molecule has 1 aromatic rings. The first kappa shape index (κ1) is 12.2. The van der Waals surface area contributed by atoms with E-state index in [-0.39, 0.29) is 5.92 Å². The second-order valence-corrected chi connectivity index (χ2v) is 4.85. The van der Waals surface area contributed by atoms with Crippen LogP contribution in [0.1, 0.15) is 44.6 Å². The third-order valence-electron chi connectivity index (χ3n) is 3.69. The molecule has 2 atom stereocenters. The summed E-state index contributed by atoms with van der Waals surface area (Å²) in [6, 6.07) is 8.09. The molecule has 1 aromatic carbocycles. The van der Waals surface area contributed by atoms with E-state index in [2.05, 4.69) is 13.0 Å². The number of hydrogen-bond donors (Lipinski definition) is 0. The number of fused-ring (bicyclic) bond motifs is 1. The van der Waals surface area contributed by atoms with Crippen molar-refractivity contribution in [3.8, 4) is 5.75 Å². The molecule has 0 radical (unpaired) electrons. The molecule has 2 unspecified atom stereocenters. The number of rotatable bonds is 4. The zero-order chi connectivity index (χ0) is 12.3. The van der Waals surface area contributed by atoms with Crippen molar-refractivity contribution < 1.29 is 9.53 Å². The highest BCUT2D eigenvalue weighted by atomic mass is 16.5. The number of Topliss-reactive ketones (excluding diaryl/α,β-unsaturated/α-hetero) is 1. The Morgan fingerprint density at radius 1 is 1.47 bits per heavy atom. The maximum atomic E-state index is 12.0. The van der Waals surface area contributed by atoms with Gasteiger partial charge >= 0.3 is 0 Å². The van der Waals surface area contributed by atoms with Gasteiger partial charge < -0.3 is 4.74 Å². The van der Waals surface area contributed by atoms with Gasteiger partial charge in [0.2, 0.25) is 0 Å². The van der Waals surface area contributed by atoms with Crippen molar-refractivity contribution >= 4 is 5.78 Å². The van der Waals surface area contributed by atoms with Crippen LogP contribution in [0.3, 0.4) is 0 Å². The molecule has 0 amide bonds. The fraction of sp³-hybridized carbons (Fsp3) is 0.533. The fourth-order valence-electron chi connectivity index (χ4n) is 2.30. The maximum Gasteiger partial charge on any atom is 0.136 e. The lowest BCUT2D eigenvalue weighted by molar-refractivity contribution is -0.122. The molecule has 2 rings (SSSR count). The average Bonchev–Trinajstić information content (AvgIpc) is 2.38. The summed E-state index contributed by atoms with van der Waals surface area (Å²) in [6.45, 7) is 4.82. The molecule has 2 nitrogen and oxygen atoms in total. The van der Waals surface area contributed by atoms with Gasteiger partial charge in [0.15, 0.2) is 0 Å². The zero-order valence-corrected chi connectivity index (χ0v) is 10.6. The Labute approximate surface area is 103 Å². The van der Waals surface area contributed by atoms with E-state index in [0.717, 1.165) is 25.2 Å². The second kappa shape index (κ2) is 5.35. The number of para-hydroxylation sites is 1. The molecule has 0 spiro atoms. The Morgan fingerprint density at radius 2 is 2.24 bits per heavy atom. The van der Waals surface area contributed by atoms with Crippen molar-refractivity contribution in [3.05, 3.63) is 29.8 Å². The third kappa shape index (κ3) is 2.68. The topological polar surface area (TPSA) is 26.3 Å². The minimum absolute atomic E-state index is 0.185. The van der Waals surface area contributed by atoms with Crippen molar-refractivity contribution in [2.24, 2.45) is 5.92 Å². The lowest BCUT2D eigenvalue weighted by Gasteiger charge is -2.26. The summed E-state index contributed by atoms with van der Waals surface area (Å²) >= 11 is 0. The highest BCUT2D eigenvalue weighted by molar-refractivity contribution is 5.81. The van der Waals surface area contributed by atoms with E-state index in [1.54, 1.807) is 0 Å². The van der Waals surface area contributed by atoms with E-state index < -0.39 is 0 Å². The van der Waals surface area contributed by atoms with Crippen molar-refractivity contribution in [1.29, 1.82) is 0 Å². The summed E-state index contributed by atoms with van der Waals surface area (Å²) in [5.74, 6) is 1.88. The predicted octanol–water partition coefficient (Wildman–Crippen LogP) is 3.56. The fourth-order valence-corrected chi connectivity index (χ4v) is 2.30. The molecule has 0 N–H and O–H groups in total. The summed E-state index contributed by atoms with van der Waals surface area (Å²) in [6.07, 6.45) is 2.55. The van der Waals surface area contributed by atoms with E-state index in [4.69, 9.17) is 4.74 Å². The van der Waals surface area contributed by atoms with Gasteiger partial charge in [0.25, 0.3) is 0 Å². The van der Waals surface area contributed by atoms with Crippen LogP contribution in [0.4, 0.5) is 0 Å². The Bertz CT molecular complexity index is 398. The number of ether oxygens (including phenoxy) is 1. The number of benzene rings is 1. The van der Waals surface area contributed by atoms with E-state index in [1.807, 2.05) is 25.1 Å². The number of hydrogen-bond acceptors (Lipinski definition) is 2. The van der Waals surface area contributed by atoms with Crippen molar-refractivity contribution in [2.75, 3.05) is 6.61 Å². The van der Waals surface area contributed by atoms with E-state index >= 15 is 0 Å². The second-order valence-electron chi connectivity index (χ2n) is 4.85. The zero-order valence-electron chi connectivity index (χ0n) is 10.6. The molecular weight excluding hydrogens is 212 g/mol. The first-order valence-corrected chi connectivity index (χ1v) is 6.46. The molecular formula is C15H20O2. The average molecular weight is 232 g/mol. The summed E-state index contributed by atoms with van der Waals surface area (Å²) < 4.78 is 5.61. The van der Waals surface area contributed by atoms with Gasteiger partial charge in [0, 0.05) is 12.3 Å². The first-order chi connectivity index (χ1) is 8.22. The minimum Gasteiger partial charge on any atom is -0.493 e. The van der Waals surface area contributed by atoms with E-state index in [9.17, 15) is 4.79 Å². The third-order valence-corrected chi connectivity index (χ3v) is 3.69. The normalized spacial score (nSPS) is 20.2. The molecule has 0 bridgehead atoms. The molecule has 0 saturated heterocycles. The van der Waals surface area contributed by atoms with Gasteiger partial charge in [0.1, 0.15) is 11.5 Å². The van der Waals surface area contributed by atoms with Crippen LogP contribution in [0.2, 0.25) is 0 Å². The van der Waals surface area contributed by atoms with E-state index in [1.165, 1.54) is 5.56 Å². The van der Waals surface area contributed by atoms with Crippen LogP contribution < -0.4 is 4.74 Å². The molecule has 0 fully saturated rings. The van der Waals surface area contributed by atoms with Crippen LogP contribution in [0.5, 0.6) is 5.75 Å². The highest BCUT2D eigenvalue weighted by Gasteiger charge is 2.24. The van der Waals surface area contributed by atoms with Gasteiger partial charge in [-0.15, -0.1) is 0 Å². The highest BCUT2D eigenvalue weighted by Crippen LogP contribution is 2.36. The van der Waals surface area contributed by atoms with Crippen LogP contribution >= 0.6 is 0 Å². The number of ketones is 1. The molecule has 0 saturated carbocycles. The Balaban J connectivity index is 2.11. The summed E-state index contributed by atoms with van der Waals surface area (Å²) in [5, 5.41) is 0. The minimum atomic E-state index is 0.185. The van der Waals surface area contributed by atoms with Crippen LogP contribution in [0, 0.1) is 5.92 Å². The number of carbonyl (C=O) groups is 1. The molecule has 0 aromatic heterocycles. The first-order valence-electron chi connectivity index (χ1n) is 6.46. The van der Waals surface area contributed by atoms with Crippen molar-refractivity contribution in [1.82, 2.24) is 0 Å². The lowest BCUT2D eigenvalue weighted by Crippen LogP contribution is -2.19. The molecule has 0 aliphatic carbocycles. The van der Waals surface area contributed by atoms with Crippen molar-refractivity contribution in [2.45, 2.75) is 39.0 Å². The summed E-state index contributed by atoms with van der Waals surface area (Å²) in [5.41, 5.74) is 1.20. The van der Waals surface area contributed by atoms with Crippen LogP contribution in [0.15, 0.2) is 24.3 Å². The Hall–Kier alpha value is -1.31. The van der Waals surface area contributed by atoms with E-state index in [0.29, 0.717) is 18.1 Å². The van der Waals surface area contributed by atoms with Gasteiger partial charge in [0.05, 0.1) is 6.61 Å². The van der Waals surface area contributed by atoms with Gasteiger partial charge in [-0.25, -0.2) is 0 Å². The molecule has 92 valence electrons. The quantitative estimate of drug-likeness (QED) is 0.793.